The maximum Gasteiger partial charge on any atom is 0.285 e. The Labute approximate surface area is 116 Å². The highest BCUT2D eigenvalue weighted by molar-refractivity contribution is 9.09. The molecule has 1 aromatic rings. The van der Waals surface area contributed by atoms with Crippen molar-refractivity contribution < 1.29 is 18.5 Å². The van der Waals surface area contributed by atoms with E-state index >= 15 is 0 Å². The highest BCUT2D eigenvalue weighted by Gasteiger charge is 2.24. The van der Waals surface area contributed by atoms with Gasteiger partial charge in [0.25, 0.3) is 11.6 Å². The molecule has 0 radical (unpaired) electrons. The van der Waals surface area contributed by atoms with Crippen LogP contribution in [0.4, 0.5) is 14.5 Å². The van der Waals surface area contributed by atoms with Gasteiger partial charge in [-0.15, -0.1) is 0 Å². The number of nitro groups is 1. The molecule has 104 valence electrons. The van der Waals surface area contributed by atoms with Gasteiger partial charge in [-0.1, -0.05) is 15.9 Å². The molecule has 19 heavy (non-hydrogen) atoms. The van der Waals surface area contributed by atoms with E-state index < -0.39 is 33.7 Å². The van der Waals surface area contributed by atoms with Crippen LogP contribution in [0.3, 0.4) is 0 Å². The summed E-state index contributed by atoms with van der Waals surface area (Å²) in [5.41, 5.74) is -1.26. The van der Waals surface area contributed by atoms with Gasteiger partial charge < -0.3 is 5.32 Å². The largest absolute Gasteiger partial charge is 0.349 e. The van der Waals surface area contributed by atoms with Crippen molar-refractivity contribution in [1.82, 2.24) is 5.32 Å². The van der Waals surface area contributed by atoms with E-state index in [2.05, 4.69) is 21.2 Å². The maximum atomic E-state index is 13.1. The van der Waals surface area contributed by atoms with Crippen molar-refractivity contribution in [3.05, 3.63) is 39.4 Å². The predicted molar refractivity (Wildman–Crippen MR) is 68.4 cm³/mol. The summed E-state index contributed by atoms with van der Waals surface area (Å²) in [6.45, 7) is 1.70. The third kappa shape index (κ3) is 3.95. The number of benzene rings is 1. The summed E-state index contributed by atoms with van der Waals surface area (Å²) in [7, 11) is 0. The van der Waals surface area contributed by atoms with Crippen LogP contribution in [0.5, 0.6) is 0 Å². The molecular weight excluding hydrogens is 326 g/mol. The van der Waals surface area contributed by atoms with Gasteiger partial charge in [-0.05, 0) is 19.4 Å². The predicted octanol–water partition coefficient (Wildman–Crippen LogP) is 2.78. The average Bonchev–Trinajstić information content (AvgIpc) is 2.31. The molecule has 5 nitrogen and oxygen atoms in total. The first-order valence-electron chi connectivity index (χ1n) is 5.37. The Balaban J connectivity index is 3.08. The standard InChI is InChI=1S/C11H11BrF2N2O3/c1-6(2-3-12)15-11(17)7-4-8(13)9(14)5-10(7)16(18)19/h4-6H,2-3H2,1H3,(H,15,17). The monoisotopic (exact) mass is 336 g/mol. The van der Waals surface area contributed by atoms with Crippen molar-refractivity contribution in [1.29, 1.82) is 0 Å². The van der Waals surface area contributed by atoms with Gasteiger partial charge in [0.05, 0.1) is 11.0 Å². The number of nitro benzene ring substituents is 1. The molecule has 0 aliphatic heterocycles. The zero-order valence-electron chi connectivity index (χ0n) is 9.95. The Morgan fingerprint density at radius 1 is 1.47 bits per heavy atom. The highest BCUT2D eigenvalue weighted by atomic mass is 79.9. The molecule has 1 N–H and O–H groups in total. The third-order valence-electron chi connectivity index (χ3n) is 2.40. The summed E-state index contributed by atoms with van der Waals surface area (Å²) in [4.78, 5) is 21.6. The minimum absolute atomic E-state index is 0.250. The Bertz CT molecular complexity index is 511. The van der Waals surface area contributed by atoms with Crippen LogP contribution in [-0.2, 0) is 0 Å². The topological polar surface area (TPSA) is 72.2 Å². The second-order valence-corrected chi connectivity index (χ2v) is 4.69. The number of hydrogen-bond acceptors (Lipinski definition) is 3. The molecule has 1 unspecified atom stereocenters. The van der Waals surface area contributed by atoms with Crippen molar-refractivity contribution in [2.75, 3.05) is 5.33 Å². The number of nitrogens with zero attached hydrogens (tertiary/aromatic N) is 1. The molecule has 0 aliphatic carbocycles. The number of nitrogens with one attached hydrogen (secondary N) is 1. The van der Waals surface area contributed by atoms with Crippen LogP contribution in [0.2, 0.25) is 0 Å². The zero-order chi connectivity index (χ0) is 14.6. The van der Waals surface area contributed by atoms with Crippen molar-refractivity contribution in [3.8, 4) is 0 Å². The summed E-state index contributed by atoms with van der Waals surface area (Å²) < 4.78 is 26.0. The fourth-order valence-electron chi connectivity index (χ4n) is 1.41. The number of alkyl halides is 1. The van der Waals surface area contributed by atoms with Gasteiger partial charge in [0.2, 0.25) is 0 Å². The number of rotatable bonds is 5. The lowest BCUT2D eigenvalue weighted by Crippen LogP contribution is -2.33. The Morgan fingerprint density at radius 2 is 2.05 bits per heavy atom. The summed E-state index contributed by atoms with van der Waals surface area (Å²) in [5.74, 6) is -3.47. The quantitative estimate of drug-likeness (QED) is 0.510. The number of carbonyl (C=O) groups is 1. The summed E-state index contributed by atoms with van der Waals surface area (Å²) in [5, 5.41) is 13.8. The molecule has 0 aliphatic rings. The van der Waals surface area contributed by atoms with E-state index in [1.807, 2.05) is 0 Å². The average molecular weight is 337 g/mol. The van der Waals surface area contributed by atoms with Crippen LogP contribution in [0.15, 0.2) is 12.1 Å². The first kappa shape index (κ1) is 15.5. The van der Waals surface area contributed by atoms with E-state index in [4.69, 9.17) is 0 Å². The van der Waals surface area contributed by atoms with E-state index in [1.165, 1.54) is 0 Å². The van der Waals surface area contributed by atoms with Crippen molar-refractivity contribution in [3.63, 3.8) is 0 Å². The minimum atomic E-state index is -1.36. The molecule has 1 aromatic carbocycles. The van der Waals surface area contributed by atoms with Crippen LogP contribution in [0.1, 0.15) is 23.7 Å². The number of carbonyl (C=O) groups excluding carboxylic acids is 1. The van der Waals surface area contributed by atoms with Crippen molar-refractivity contribution >= 4 is 27.5 Å². The van der Waals surface area contributed by atoms with Gasteiger partial charge in [-0.3, -0.25) is 14.9 Å². The van der Waals surface area contributed by atoms with Crippen molar-refractivity contribution in [2.45, 2.75) is 19.4 Å². The van der Waals surface area contributed by atoms with Crippen LogP contribution in [0, 0.1) is 21.7 Å². The molecule has 1 rings (SSSR count). The summed E-state index contributed by atoms with van der Waals surface area (Å²) in [6, 6.07) is 0.683. The first-order chi connectivity index (χ1) is 8.86. The number of amides is 1. The molecule has 0 bridgehead atoms. The van der Waals surface area contributed by atoms with E-state index in [9.17, 15) is 23.7 Å². The van der Waals surface area contributed by atoms with Crippen molar-refractivity contribution in [2.24, 2.45) is 0 Å². The molecule has 0 fully saturated rings. The molecule has 1 atom stereocenters. The van der Waals surface area contributed by atoms with Gasteiger partial charge >= 0.3 is 0 Å². The van der Waals surface area contributed by atoms with Crippen LogP contribution in [0.25, 0.3) is 0 Å². The molecule has 0 saturated heterocycles. The fourth-order valence-corrected chi connectivity index (χ4v) is 2.09. The first-order valence-corrected chi connectivity index (χ1v) is 6.49. The van der Waals surface area contributed by atoms with Gasteiger partial charge in [0, 0.05) is 11.4 Å². The normalized spacial score (nSPS) is 12.0. The van der Waals surface area contributed by atoms with Gasteiger partial charge in [0.1, 0.15) is 5.56 Å². The van der Waals surface area contributed by atoms with E-state index in [0.29, 0.717) is 23.9 Å². The number of hydrogen-bond donors (Lipinski definition) is 1. The van der Waals surface area contributed by atoms with Gasteiger partial charge in [-0.2, -0.15) is 0 Å². The fraction of sp³-hybridized carbons (Fsp3) is 0.364. The van der Waals surface area contributed by atoms with Crippen LogP contribution in [-0.4, -0.2) is 22.2 Å². The lowest BCUT2D eigenvalue weighted by molar-refractivity contribution is -0.385. The molecular formula is C11H11BrF2N2O3. The second-order valence-electron chi connectivity index (χ2n) is 3.89. The molecule has 1 amide bonds. The molecule has 0 heterocycles. The third-order valence-corrected chi connectivity index (χ3v) is 2.86. The van der Waals surface area contributed by atoms with E-state index in [-0.39, 0.29) is 6.04 Å². The molecule has 0 spiro atoms. The SMILES string of the molecule is CC(CCBr)NC(=O)c1cc(F)c(F)cc1[N+](=O)[O-]. The lowest BCUT2D eigenvalue weighted by atomic mass is 10.1. The Kier molecular flexibility index (Phi) is 5.34. The lowest BCUT2D eigenvalue weighted by Gasteiger charge is -2.12. The maximum absolute atomic E-state index is 13.1. The number of halogens is 3. The summed E-state index contributed by atoms with van der Waals surface area (Å²) in [6.07, 6.45) is 0.600. The Hall–Kier alpha value is -1.57. The zero-order valence-corrected chi connectivity index (χ0v) is 11.5. The summed E-state index contributed by atoms with van der Waals surface area (Å²) >= 11 is 3.19. The second kappa shape index (κ2) is 6.55. The Morgan fingerprint density at radius 3 is 2.58 bits per heavy atom. The molecule has 8 heteroatoms. The smallest absolute Gasteiger partial charge is 0.285 e. The van der Waals surface area contributed by atoms with Crippen LogP contribution < -0.4 is 5.32 Å². The van der Waals surface area contributed by atoms with Gasteiger partial charge in [0.15, 0.2) is 11.6 Å². The van der Waals surface area contributed by atoms with E-state index in [1.54, 1.807) is 6.92 Å². The molecule has 0 saturated carbocycles. The highest BCUT2D eigenvalue weighted by Crippen LogP contribution is 2.22. The van der Waals surface area contributed by atoms with E-state index in [0.717, 1.165) is 0 Å². The molecule has 0 aromatic heterocycles. The van der Waals surface area contributed by atoms with Crippen LogP contribution >= 0.6 is 15.9 Å². The minimum Gasteiger partial charge on any atom is -0.349 e. The van der Waals surface area contributed by atoms with Gasteiger partial charge in [-0.25, -0.2) is 8.78 Å².